The molecule has 4 rings (SSSR count). The molecule has 2 fully saturated rings. The van der Waals surface area contributed by atoms with E-state index in [-0.39, 0.29) is 24.3 Å². The van der Waals surface area contributed by atoms with E-state index in [0.717, 1.165) is 5.69 Å². The third-order valence-corrected chi connectivity index (χ3v) is 5.19. The summed E-state index contributed by atoms with van der Waals surface area (Å²) in [5, 5.41) is 3.33. The summed E-state index contributed by atoms with van der Waals surface area (Å²) >= 11 is 5.86. The van der Waals surface area contributed by atoms with Crippen molar-refractivity contribution in [3.63, 3.8) is 0 Å². The van der Waals surface area contributed by atoms with Gasteiger partial charge in [-0.3, -0.25) is 14.4 Å². The number of aromatic nitrogens is 2. The maximum absolute atomic E-state index is 12.8. The molecule has 2 aliphatic heterocycles. The average Bonchev–Trinajstić information content (AvgIpc) is 3.19. The van der Waals surface area contributed by atoms with Gasteiger partial charge in [0.25, 0.3) is 5.91 Å². The number of fused-ring (bicyclic) bond motifs is 1. The van der Waals surface area contributed by atoms with Gasteiger partial charge < -0.3 is 20.1 Å². The number of amides is 3. The number of hydrogen-bond acceptors (Lipinski definition) is 4. The maximum atomic E-state index is 12.8. The number of nitrogens with one attached hydrogen (secondary N) is 2. The summed E-state index contributed by atoms with van der Waals surface area (Å²) in [6.45, 7) is 0.888. The monoisotopic (exact) mass is 387 g/mol. The Labute approximate surface area is 160 Å². The molecular formula is C18H18ClN5O3. The second-order valence-corrected chi connectivity index (χ2v) is 7.08. The Bertz CT molecular complexity index is 868. The summed E-state index contributed by atoms with van der Waals surface area (Å²) in [5.74, 6) is -0.549. The number of piperazine rings is 2. The third-order valence-electron chi connectivity index (χ3n) is 4.94. The van der Waals surface area contributed by atoms with Crippen molar-refractivity contribution in [1.29, 1.82) is 0 Å². The number of aromatic amines is 1. The molecule has 0 saturated carbocycles. The van der Waals surface area contributed by atoms with Crippen LogP contribution in [0.15, 0.2) is 36.8 Å². The smallest absolute Gasteiger partial charge is 0.254 e. The lowest BCUT2D eigenvalue weighted by Crippen LogP contribution is -2.70. The van der Waals surface area contributed by atoms with E-state index >= 15 is 0 Å². The van der Waals surface area contributed by atoms with Crippen LogP contribution in [-0.4, -0.2) is 69.2 Å². The lowest BCUT2D eigenvalue weighted by atomic mass is 10.0. The number of carbonyl (C=O) groups excluding carboxylic acids is 3. The van der Waals surface area contributed by atoms with Crippen LogP contribution in [0.3, 0.4) is 0 Å². The van der Waals surface area contributed by atoms with E-state index < -0.39 is 12.1 Å². The van der Waals surface area contributed by atoms with Gasteiger partial charge in [0.05, 0.1) is 12.9 Å². The van der Waals surface area contributed by atoms with Crippen molar-refractivity contribution in [2.45, 2.75) is 18.5 Å². The quantitative estimate of drug-likeness (QED) is 0.799. The van der Waals surface area contributed by atoms with Gasteiger partial charge in [0.2, 0.25) is 11.8 Å². The Morgan fingerprint density at radius 3 is 2.70 bits per heavy atom. The van der Waals surface area contributed by atoms with Gasteiger partial charge in [-0.15, -0.1) is 0 Å². The van der Waals surface area contributed by atoms with E-state index in [9.17, 15) is 14.4 Å². The zero-order valence-corrected chi connectivity index (χ0v) is 15.1. The standard InChI is InChI=1S/C18H18ClN5O3/c19-12-3-1-11(2-4-12)17(26)23-5-6-24-15(9-23)16(25)22-14(18(24)27)7-13-8-20-10-21-13/h1-4,8,10,14-15H,5-7,9H2,(H,20,21)(H,22,25)/t14-,15+/m0/s1. The highest BCUT2D eigenvalue weighted by Crippen LogP contribution is 2.20. The van der Waals surface area contributed by atoms with Gasteiger partial charge >= 0.3 is 0 Å². The Kier molecular flexibility index (Phi) is 4.57. The number of benzene rings is 1. The van der Waals surface area contributed by atoms with Crippen molar-refractivity contribution in [3.05, 3.63) is 53.1 Å². The molecule has 3 heterocycles. The summed E-state index contributed by atoms with van der Waals surface area (Å²) in [6.07, 6.45) is 3.53. The molecule has 2 aromatic rings. The first-order valence-electron chi connectivity index (χ1n) is 8.66. The first-order valence-corrected chi connectivity index (χ1v) is 9.03. The molecule has 2 saturated heterocycles. The third kappa shape index (κ3) is 3.40. The van der Waals surface area contributed by atoms with Crippen LogP contribution >= 0.6 is 11.6 Å². The van der Waals surface area contributed by atoms with E-state index in [1.165, 1.54) is 6.33 Å². The normalized spacial score (nSPS) is 22.4. The Morgan fingerprint density at radius 2 is 2.00 bits per heavy atom. The zero-order valence-electron chi connectivity index (χ0n) is 14.4. The molecule has 1 aromatic carbocycles. The van der Waals surface area contributed by atoms with Crippen molar-refractivity contribution in [1.82, 2.24) is 25.1 Å². The van der Waals surface area contributed by atoms with Crippen molar-refractivity contribution in [3.8, 4) is 0 Å². The highest BCUT2D eigenvalue weighted by atomic mass is 35.5. The van der Waals surface area contributed by atoms with Crippen LogP contribution in [0.5, 0.6) is 0 Å². The number of H-pyrrole nitrogens is 1. The topological polar surface area (TPSA) is 98.4 Å². The molecule has 27 heavy (non-hydrogen) atoms. The molecule has 2 N–H and O–H groups in total. The van der Waals surface area contributed by atoms with Crippen LogP contribution < -0.4 is 5.32 Å². The van der Waals surface area contributed by atoms with Crippen molar-refractivity contribution in [2.75, 3.05) is 19.6 Å². The second-order valence-electron chi connectivity index (χ2n) is 6.65. The van der Waals surface area contributed by atoms with Crippen molar-refractivity contribution < 1.29 is 14.4 Å². The van der Waals surface area contributed by atoms with Crippen LogP contribution in [0.1, 0.15) is 16.1 Å². The number of hydrogen-bond donors (Lipinski definition) is 2. The molecule has 0 bridgehead atoms. The zero-order chi connectivity index (χ0) is 19.0. The number of carbonyl (C=O) groups is 3. The predicted molar refractivity (Wildman–Crippen MR) is 97.1 cm³/mol. The molecular weight excluding hydrogens is 370 g/mol. The summed E-state index contributed by atoms with van der Waals surface area (Å²) in [6, 6.07) is 5.34. The number of halogens is 1. The summed E-state index contributed by atoms with van der Waals surface area (Å²) < 4.78 is 0. The molecule has 0 radical (unpaired) electrons. The largest absolute Gasteiger partial charge is 0.348 e. The fraction of sp³-hybridized carbons (Fsp3) is 0.333. The molecule has 2 atom stereocenters. The van der Waals surface area contributed by atoms with Crippen LogP contribution in [-0.2, 0) is 16.0 Å². The number of rotatable bonds is 3. The highest BCUT2D eigenvalue weighted by Gasteiger charge is 2.44. The van der Waals surface area contributed by atoms with E-state index in [1.807, 2.05) is 0 Å². The summed E-state index contributed by atoms with van der Waals surface area (Å²) in [7, 11) is 0. The fourth-order valence-corrected chi connectivity index (χ4v) is 3.64. The fourth-order valence-electron chi connectivity index (χ4n) is 3.52. The summed E-state index contributed by atoms with van der Waals surface area (Å²) in [5.41, 5.74) is 1.29. The second kappa shape index (κ2) is 7.03. The van der Waals surface area contributed by atoms with Gasteiger partial charge in [-0.25, -0.2) is 4.98 Å². The van der Waals surface area contributed by atoms with Crippen LogP contribution in [0.4, 0.5) is 0 Å². The maximum Gasteiger partial charge on any atom is 0.254 e. The minimum absolute atomic E-state index is 0.132. The molecule has 140 valence electrons. The molecule has 0 unspecified atom stereocenters. The SMILES string of the molecule is O=C1N[C@@H](Cc2cnc[nH]2)C(=O)N2CCN(C(=O)c3ccc(Cl)cc3)C[C@H]12. The van der Waals surface area contributed by atoms with Gasteiger partial charge in [-0.05, 0) is 24.3 Å². The molecule has 8 nitrogen and oxygen atoms in total. The first-order chi connectivity index (χ1) is 13.0. The van der Waals surface area contributed by atoms with Crippen molar-refractivity contribution >= 4 is 29.3 Å². The van der Waals surface area contributed by atoms with E-state index in [2.05, 4.69) is 15.3 Å². The predicted octanol–water partition coefficient (Wildman–Crippen LogP) is 0.457. The van der Waals surface area contributed by atoms with Crippen LogP contribution in [0, 0.1) is 0 Å². The first kappa shape index (κ1) is 17.5. The van der Waals surface area contributed by atoms with Gasteiger partial charge in [0.1, 0.15) is 12.1 Å². The average molecular weight is 388 g/mol. The minimum atomic E-state index is -0.666. The van der Waals surface area contributed by atoms with Gasteiger partial charge in [-0.1, -0.05) is 11.6 Å². The molecule has 0 aliphatic carbocycles. The molecule has 3 amide bonds. The van der Waals surface area contributed by atoms with E-state index in [1.54, 1.807) is 40.3 Å². The molecule has 9 heteroatoms. The van der Waals surface area contributed by atoms with E-state index in [4.69, 9.17) is 11.6 Å². The van der Waals surface area contributed by atoms with Gasteiger partial charge in [-0.2, -0.15) is 0 Å². The lowest BCUT2D eigenvalue weighted by Gasteiger charge is -2.45. The molecule has 0 spiro atoms. The van der Waals surface area contributed by atoms with Crippen LogP contribution in [0.2, 0.25) is 5.02 Å². The van der Waals surface area contributed by atoms with Gasteiger partial charge in [0, 0.05) is 42.0 Å². The summed E-state index contributed by atoms with van der Waals surface area (Å²) in [4.78, 5) is 48.1. The van der Waals surface area contributed by atoms with Crippen LogP contribution in [0.25, 0.3) is 0 Å². The van der Waals surface area contributed by atoms with Gasteiger partial charge in [0.15, 0.2) is 0 Å². The molecule has 2 aliphatic rings. The number of imidazole rings is 1. The Hall–Kier alpha value is -2.87. The minimum Gasteiger partial charge on any atom is -0.348 e. The van der Waals surface area contributed by atoms with Crippen molar-refractivity contribution in [2.24, 2.45) is 0 Å². The lowest BCUT2D eigenvalue weighted by molar-refractivity contribution is -0.152. The van der Waals surface area contributed by atoms with E-state index in [0.29, 0.717) is 30.1 Å². The Morgan fingerprint density at radius 1 is 1.22 bits per heavy atom. The number of nitrogens with zero attached hydrogens (tertiary/aromatic N) is 3. The Balaban J connectivity index is 1.46. The highest BCUT2D eigenvalue weighted by molar-refractivity contribution is 6.30. The molecule has 1 aromatic heterocycles.